The average Bonchev–Trinajstić information content (AvgIpc) is 2.52. The minimum absolute atomic E-state index is 0.0489. The summed E-state index contributed by atoms with van der Waals surface area (Å²) in [5, 5.41) is 17.0. The van der Waals surface area contributed by atoms with Crippen LogP contribution in [0.25, 0.3) is 0 Å². The topological polar surface area (TPSA) is 120 Å². The second-order valence-electron chi connectivity index (χ2n) is 5.01. The number of hydrogen-bond acceptors (Lipinski definition) is 5. The molecule has 0 bridgehead atoms. The van der Waals surface area contributed by atoms with Crippen molar-refractivity contribution in [2.75, 3.05) is 25.0 Å². The molecule has 0 fully saturated rings. The van der Waals surface area contributed by atoms with E-state index in [9.17, 15) is 14.4 Å². The Morgan fingerprint density at radius 1 is 1.08 bits per heavy atom. The summed E-state index contributed by atoms with van der Waals surface area (Å²) in [7, 11) is 0. The van der Waals surface area contributed by atoms with E-state index >= 15 is 0 Å². The van der Waals surface area contributed by atoms with Gasteiger partial charge in [-0.15, -0.1) is 0 Å². The number of aliphatic carboxylic acids is 1. The van der Waals surface area contributed by atoms with Crippen LogP contribution in [0.4, 0.5) is 5.82 Å². The molecule has 0 radical (unpaired) electrons. The fourth-order valence-electron chi connectivity index (χ4n) is 1.77. The van der Waals surface area contributed by atoms with Crippen LogP contribution in [-0.4, -0.2) is 47.5 Å². The third kappa shape index (κ3) is 9.62. The molecule has 2 amide bonds. The zero-order chi connectivity index (χ0) is 17.8. The standard InChI is InChI=1S/C15H21ClN4O4/c16-11-4-7-18-12(9-11)17-6-2-1-3-13(21)20-10-14(22)19-8-5-15(23)24/h4,7,9H,1-3,5-6,8,10H2,(H,17,18)(H,19,22)(H,20,21)(H,23,24). The maximum atomic E-state index is 11.6. The molecule has 0 aliphatic carbocycles. The maximum absolute atomic E-state index is 11.6. The van der Waals surface area contributed by atoms with Crippen molar-refractivity contribution in [1.82, 2.24) is 15.6 Å². The van der Waals surface area contributed by atoms with Gasteiger partial charge in [0.25, 0.3) is 0 Å². The highest BCUT2D eigenvalue weighted by atomic mass is 35.5. The predicted molar refractivity (Wildman–Crippen MR) is 89.9 cm³/mol. The van der Waals surface area contributed by atoms with Gasteiger partial charge in [-0.3, -0.25) is 14.4 Å². The van der Waals surface area contributed by atoms with Gasteiger partial charge in [0.15, 0.2) is 0 Å². The molecule has 8 nitrogen and oxygen atoms in total. The van der Waals surface area contributed by atoms with Crippen LogP contribution in [0.2, 0.25) is 5.02 Å². The highest BCUT2D eigenvalue weighted by Gasteiger charge is 2.06. The lowest BCUT2D eigenvalue weighted by molar-refractivity contribution is -0.137. The molecule has 1 aromatic heterocycles. The normalized spacial score (nSPS) is 10.0. The van der Waals surface area contributed by atoms with E-state index in [2.05, 4.69) is 20.9 Å². The molecule has 0 aliphatic heterocycles. The maximum Gasteiger partial charge on any atom is 0.305 e. The Labute approximate surface area is 145 Å². The number of nitrogens with zero attached hydrogens (tertiary/aromatic N) is 1. The molecular weight excluding hydrogens is 336 g/mol. The number of amides is 2. The first kappa shape index (κ1) is 19.7. The summed E-state index contributed by atoms with van der Waals surface area (Å²) < 4.78 is 0. The lowest BCUT2D eigenvalue weighted by Crippen LogP contribution is -2.37. The van der Waals surface area contributed by atoms with Crippen molar-refractivity contribution < 1.29 is 19.5 Å². The molecule has 0 spiro atoms. The summed E-state index contributed by atoms with van der Waals surface area (Å²) in [6, 6.07) is 3.41. The second-order valence-corrected chi connectivity index (χ2v) is 5.45. The van der Waals surface area contributed by atoms with Gasteiger partial charge in [0.2, 0.25) is 11.8 Å². The molecular formula is C15H21ClN4O4. The smallest absolute Gasteiger partial charge is 0.305 e. The highest BCUT2D eigenvalue weighted by Crippen LogP contribution is 2.11. The van der Waals surface area contributed by atoms with Crippen molar-refractivity contribution in [3.63, 3.8) is 0 Å². The van der Waals surface area contributed by atoms with Gasteiger partial charge in [-0.05, 0) is 25.0 Å². The molecule has 0 saturated carbocycles. The third-order valence-corrected chi connectivity index (χ3v) is 3.20. The van der Waals surface area contributed by atoms with Gasteiger partial charge >= 0.3 is 5.97 Å². The Balaban J connectivity index is 2.03. The van der Waals surface area contributed by atoms with Crippen LogP contribution in [-0.2, 0) is 14.4 Å². The molecule has 0 aromatic carbocycles. The van der Waals surface area contributed by atoms with Crippen LogP contribution in [0.1, 0.15) is 25.7 Å². The molecule has 0 saturated heterocycles. The Morgan fingerprint density at radius 2 is 1.88 bits per heavy atom. The average molecular weight is 357 g/mol. The van der Waals surface area contributed by atoms with Crippen molar-refractivity contribution in [2.24, 2.45) is 0 Å². The van der Waals surface area contributed by atoms with E-state index in [1.165, 1.54) is 0 Å². The molecule has 1 rings (SSSR count). The summed E-state index contributed by atoms with van der Waals surface area (Å²) in [4.78, 5) is 37.3. The van der Waals surface area contributed by atoms with Gasteiger partial charge < -0.3 is 21.1 Å². The number of halogens is 1. The summed E-state index contributed by atoms with van der Waals surface area (Å²) in [5.41, 5.74) is 0. The molecule has 132 valence electrons. The first-order chi connectivity index (χ1) is 11.5. The number of carbonyl (C=O) groups is 3. The number of anilines is 1. The Bertz CT molecular complexity index is 568. The van der Waals surface area contributed by atoms with Crippen molar-refractivity contribution in [3.05, 3.63) is 23.4 Å². The first-order valence-electron chi connectivity index (χ1n) is 7.58. The van der Waals surface area contributed by atoms with E-state index in [0.29, 0.717) is 30.2 Å². The van der Waals surface area contributed by atoms with Crippen molar-refractivity contribution in [2.45, 2.75) is 25.7 Å². The molecule has 0 unspecified atom stereocenters. The zero-order valence-electron chi connectivity index (χ0n) is 13.2. The number of unbranched alkanes of at least 4 members (excludes halogenated alkanes) is 1. The third-order valence-electron chi connectivity index (χ3n) is 2.97. The predicted octanol–water partition coefficient (Wildman–Crippen LogP) is 1.02. The van der Waals surface area contributed by atoms with Crippen LogP contribution in [0.5, 0.6) is 0 Å². The Morgan fingerprint density at radius 3 is 2.58 bits per heavy atom. The minimum atomic E-state index is -0.985. The summed E-state index contributed by atoms with van der Waals surface area (Å²) in [6.07, 6.45) is 3.22. The summed E-state index contributed by atoms with van der Waals surface area (Å²) in [6.45, 7) is 0.562. The van der Waals surface area contributed by atoms with E-state index in [1.54, 1.807) is 18.3 Å². The SMILES string of the molecule is O=C(O)CCNC(=O)CNC(=O)CCCCNc1cc(Cl)ccn1. The van der Waals surface area contributed by atoms with E-state index in [4.69, 9.17) is 16.7 Å². The summed E-state index contributed by atoms with van der Waals surface area (Å²) >= 11 is 5.84. The lowest BCUT2D eigenvalue weighted by atomic mass is 10.2. The number of rotatable bonds is 11. The summed E-state index contributed by atoms with van der Waals surface area (Å²) in [5.74, 6) is -0.923. The molecule has 1 heterocycles. The number of aromatic nitrogens is 1. The van der Waals surface area contributed by atoms with Crippen LogP contribution < -0.4 is 16.0 Å². The molecule has 1 aromatic rings. The largest absolute Gasteiger partial charge is 0.481 e. The highest BCUT2D eigenvalue weighted by molar-refractivity contribution is 6.30. The lowest BCUT2D eigenvalue weighted by Gasteiger charge is -2.07. The Hall–Kier alpha value is -2.35. The van der Waals surface area contributed by atoms with Gasteiger partial charge in [0, 0.05) is 30.7 Å². The van der Waals surface area contributed by atoms with Crippen LogP contribution in [0, 0.1) is 0 Å². The fraction of sp³-hybridized carbons (Fsp3) is 0.467. The van der Waals surface area contributed by atoms with E-state index in [-0.39, 0.29) is 25.4 Å². The molecule has 24 heavy (non-hydrogen) atoms. The van der Waals surface area contributed by atoms with Crippen molar-refractivity contribution in [1.29, 1.82) is 0 Å². The van der Waals surface area contributed by atoms with Gasteiger partial charge in [-0.25, -0.2) is 4.98 Å². The van der Waals surface area contributed by atoms with Crippen LogP contribution in [0.15, 0.2) is 18.3 Å². The van der Waals surface area contributed by atoms with Crippen LogP contribution in [0.3, 0.4) is 0 Å². The fourth-order valence-corrected chi connectivity index (χ4v) is 1.93. The van der Waals surface area contributed by atoms with Crippen LogP contribution >= 0.6 is 11.6 Å². The van der Waals surface area contributed by atoms with Gasteiger partial charge in [-0.1, -0.05) is 11.6 Å². The molecule has 0 aliphatic rings. The number of carboxylic acid groups (broad SMARTS) is 1. The van der Waals surface area contributed by atoms with E-state index in [0.717, 1.165) is 6.42 Å². The Kier molecular flexibility index (Phi) is 9.21. The number of nitrogens with one attached hydrogen (secondary N) is 3. The van der Waals surface area contributed by atoms with Crippen molar-refractivity contribution >= 4 is 35.2 Å². The monoisotopic (exact) mass is 356 g/mol. The minimum Gasteiger partial charge on any atom is -0.481 e. The number of carbonyl (C=O) groups excluding carboxylic acids is 2. The zero-order valence-corrected chi connectivity index (χ0v) is 13.9. The van der Waals surface area contributed by atoms with Crippen molar-refractivity contribution in [3.8, 4) is 0 Å². The van der Waals surface area contributed by atoms with E-state index in [1.807, 2.05) is 0 Å². The molecule has 4 N–H and O–H groups in total. The first-order valence-corrected chi connectivity index (χ1v) is 7.96. The molecule has 9 heteroatoms. The van der Waals surface area contributed by atoms with Gasteiger partial charge in [0.1, 0.15) is 5.82 Å². The van der Waals surface area contributed by atoms with E-state index < -0.39 is 11.9 Å². The number of pyridine rings is 1. The van der Waals surface area contributed by atoms with Gasteiger partial charge in [0.05, 0.1) is 13.0 Å². The molecule has 0 atom stereocenters. The number of carboxylic acids is 1. The number of hydrogen-bond donors (Lipinski definition) is 4. The quantitative estimate of drug-likeness (QED) is 0.439. The second kappa shape index (κ2) is 11.2. The van der Waals surface area contributed by atoms with Gasteiger partial charge in [-0.2, -0.15) is 0 Å².